The predicted molar refractivity (Wildman–Crippen MR) is 89.7 cm³/mol. The Morgan fingerprint density at radius 3 is 2.68 bits per heavy atom. The summed E-state index contributed by atoms with van der Waals surface area (Å²) in [5, 5.41) is 11.7. The molecule has 1 aromatic carbocycles. The zero-order valence-electron chi connectivity index (χ0n) is 12.8. The summed E-state index contributed by atoms with van der Waals surface area (Å²) >= 11 is 2.95. The lowest BCUT2D eigenvalue weighted by molar-refractivity contribution is -0.120. The molecule has 1 heterocycles. The van der Waals surface area contributed by atoms with Crippen molar-refractivity contribution in [2.45, 2.75) is 29.9 Å². The highest BCUT2D eigenvalue weighted by Gasteiger charge is 2.16. The fourth-order valence-corrected chi connectivity index (χ4v) is 3.78. The van der Waals surface area contributed by atoms with Gasteiger partial charge in [-0.05, 0) is 38.0 Å². The first-order valence-electron chi connectivity index (χ1n) is 6.96. The molecule has 0 bridgehead atoms. The molecule has 7 heteroatoms. The number of benzene rings is 1. The molecule has 0 unspecified atom stereocenters. The van der Waals surface area contributed by atoms with Crippen molar-refractivity contribution in [2.75, 3.05) is 13.7 Å². The molecule has 0 aliphatic heterocycles. The third kappa shape index (κ3) is 4.99. The minimum Gasteiger partial charge on any atom is -0.497 e. The number of carbonyl (C=O) groups excluding carboxylic acids is 1. The van der Waals surface area contributed by atoms with Crippen LogP contribution in [0.4, 0.5) is 0 Å². The zero-order valence-corrected chi connectivity index (χ0v) is 14.5. The van der Waals surface area contributed by atoms with Crippen LogP contribution in [0.5, 0.6) is 5.75 Å². The smallest absolute Gasteiger partial charge is 0.233 e. The highest BCUT2D eigenvalue weighted by atomic mass is 32.2. The number of nitrogens with zero attached hydrogens (tertiary/aromatic N) is 2. The molecule has 0 spiro atoms. The summed E-state index contributed by atoms with van der Waals surface area (Å²) < 4.78 is 5.95. The van der Waals surface area contributed by atoms with Crippen molar-refractivity contribution in [1.82, 2.24) is 15.5 Å². The molecule has 0 aliphatic carbocycles. The Bertz CT molecular complexity index is 614. The first-order valence-corrected chi connectivity index (χ1v) is 8.65. The highest BCUT2D eigenvalue weighted by molar-refractivity contribution is 8.02. The van der Waals surface area contributed by atoms with E-state index in [1.165, 1.54) is 28.7 Å². The number of nitrogens with one attached hydrogen (secondary N) is 1. The molecule has 1 amide bonds. The molecule has 1 atom stereocenters. The van der Waals surface area contributed by atoms with Crippen molar-refractivity contribution in [1.29, 1.82) is 0 Å². The van der Waals surface area contributed by atoms with Crippen molar-refractivity contribution < 1.29 is 9.53 Å². The number of aryl methyl sites for hydroxylation is 1. The van der Waals surface area contributed by atoms with Crippen LogP contribution in [0, 0.1) is 6.92 Å². The maximum absolute atomic E-state index is 12.0. The zero-order chi connectivity index (χ0) is 15.9. The van der Waals surface area contributed by atoms with E-state index in [-0.39, 0.29) is 11.2 Å². The van der Waals surface area contributed by atoms with Gasteiger partial charge in [-0.15, -0.1) is 10.2 Å². The summed E-state index contributed by atoms with van der Waals surface area (Å²) in [4.78, 5) is 12.0. The second-order valence-electron chi connectivity index (χ2n) is 4.74. The molecule has 0 saturated heterocycles. The van der Waals surface area contributed by atoms with E-state index in [0.717, 1.165) is 21.5 Å². The van der Waals surface area contributed by atoms with Crippen LogP contribution in [0.1, 0.15) is 17.5 Å². The minimum absolute atomic E-state index is 0.0198. The lowest BCUT2D eigenvalue weighted by atomic mass is 10.1. The van der Waals surface area contributed by atoms with Gasteiger partial charge in [-0.25, -0.2) is 0 Å². The van der Waals surface area contributed by atoms with Crippen LogP contribution in [0.25, 0.3) is 0 Å². The number of rotatable bonds is 7. The van der Waals surface area contributed by atoms with E-state index in [9.17, 15) is 4.79 Å². The molecule has 22 heavy (non-hydrogen) atoms. The lowest BCUT2D eigenvalue weighted by Gasteiger charge is -2.10. The van der Waals surface area contributed by atoms with E-state index in [4.69, 9.17) is 4.74 Å². The van der Waals surface area contributed by atoms with Crippen molar-refractivity contribution in [2.24, 2.45) is 0 Å². The van der Waals surface area contributed by atoms with Crippen LogP contribution in [0.3, 0.4) is 0 Å². The Labute approximate surface area is 138 Å². The molecule has 5 nitrogen and oxygen atoms in total. The minimum atomic E-state index is -0.178. The van der Waals surface area contributed by atoms with Gasteiger partial charge in [-0.3, -0.25) is 4.79 Å². The molecule has 118 valence electrons. The Morgan fingerprint density at radius 1 is 1.36 bits per heavy atom. The summed E-state index contributed by atoms with van der Waals surface area (Å²) in [6, 6.07) is 7.86. The van der Waals surface area contributed by atoms with Crippen molar-refractivity contribution >= 4 is 29.0 Å². The summed E-state index contributed by atoms with van der Waals surface area (Å²) in [5.41, 5.74) is 1.17. The summed E-state index contributed by atoms with van der Waals surface area (Å²) in [7, 11) is 1.65. The quantitative estimate of drug-likeness (QED) is 0.787. The van der Waals surface area contributed by atoms with Gasteiger partial charge in [0.05, 0.1) is 12.4 Å². The molecule has 2 rings (SSSR count). The van der Waals surface area contributed by atoms with Gasteiger partial charge in [0.1, 0.15) is 10.8 Å². The van der Waals surface area contributed by atoms with Gasteiger partial charge in [0.2, 0.25) is 5.91 Å². The second kappa shape index (κ2) is 8.14. The summed E-state index contributed by atoms with van der Waals surface area (Å²) in [6.45, 7) is 4.40. The third-order valence-corrected chi connectivity index (χ3v) is 5.05. The van der Waals surface area contributed by atoms with Gasteiger partial charge in [0.25, 0.3) is 0 Å². The summed E-state index contributed by atoms with van der Waals surface area (Å²) in [6.07, 6.45) is 0.797. The van der Waals surface area contributed by atoms with Crippen molar-refractivity contribution in [3.63, 3.8) is 0 Å². The van der Waals surface area contributed by atoms with E-state index in [2.05, 4.69) is 15.5 Å². The van der Waals surface area contributed by atoms with Gasteiger partial charge >= 0.3 is 0 Å². The average molecular weight is 337 g/mol. The number of methoxy groups -OCH3 is 1. The molecule has 0 fully saturated rings. The fraction of sp³-hybridized carbons (Fsp3) is 0.400. The Balaban J connectivity index is 1.74. The highest BCUT2D eigenvalue weighted by Crippen LogP contribution is 2.26. The number of aromatic nitrogens is 2. The fourth-order valence-electron chi connectivity index (χ4n) is 1.80. The monoisotopic (exact) mass is 337 g/mol. The van der Waals surface area contributed by atoms with Crippen LogP contribution >= 0.6 is 23.1 Å². The van der Waals surface area contributed by atoms with E-state index in [0.29, 0.717) is 6.54 Å². The Hall–Kier alpha value is -1.60. The van der Waals surface area contributed by atoms with Gasteiger partial charge in [-0.2, -0.15) is 0 Å². The Morgan fingerprint density at radius 2 is 2.09 bits per heavy atom. The van der Waals surface area contributed by atoms with E-state index < -0.39 is 0 Å². The third-order valence-electron chi connectivity index (χ3n) is 3.03. The van der Waals surface area contributed by atoms with Crippen molar-refractivity contribution in [3.05, 3.63) is 34.8 Å². The van der Waals surface area contributed by atoms with Gasteiger partial charge in [0.15, 0.2) is 4.34 Å². The van der Waals surface area contributed by atoms with Gasteiger partial charge in [0, 0.05) is 6.54 Å². The first-order chi connectivity index (χ1) is 10.6. The van der Waals surface area contributed by atoms with Gasteiger partial charge < -0.3 is 10.1 Å². The number of hydrogen-bond acceptors (Lipinski definition) is 6. The van der Waals surface area contributed by atoms with Gasteiger partial charge in [-0.1, -0.05) is 35.2 Å². The maximum Gasteiger partial charge on any atom is 0.233 e. The molecular weight excluding hydrogens is 318 g/mol. The molecular formula is C15H19N3O2S2. The second-order valence-corrected chi connectivity index (χ2v) is 7.51. The standard InChI is InChI=1S/C15H19N3O2S2/c1-10(21-15-18-17-11(2)22-15)14(19)16-9-8-12-4-6-13(20-3)7-5-12/h4-7,10H,8-9H2,1-3H3,(H,16,19)/t10-/m1/s1. The number of carbonyl (C=O) groups is 1. The largest absolute Gasteiger partial charge is 0.497 e. The molecule has 1 N–H and O–H groups in total. The number of hydrogen-bond donors (Lipinski definition) is 1. The maximum atomic E-state index is 12.0. The first kappa shape index (κ1) is 16.8. The number of thioether (sulfide) groups is 1. The molecule has 0 saturated carbocycles. The molecule has 1 aromatic heterocycles. The number of amides is 1. The van der Waals surface area contributed by atoms with Crippen LogP contribution < -0.4 is 10.1 Å². The SMILES string of the molecule is COc1ccc(CCNC(=O)[C@@H](C)Sc2nnc(C)s2)cc1. The predicted octanol–water partition coefficient (Wildman–Crippen LogP) is 2.69. The van der Waals surface area contributed by atoms with Crippen LogP contribution in [0.15, 0.2) is 28.6 Å². The van der Waals surface area contributed by atoms with Crippen molar-refractivity contribution in [3.8, 4) is 5.75 Å². The van der Waals surface area contributed by atoms with E-state index in [1.54, 1.807) is 7.11 Å². The summed E-state index contributed by atoms with van der Waals surface area (Å²) in [5.74, 6) is 0.858. The van der Waals surface area contributed by atoms with Crippen LogP contribution in [-0.2, 0) is 11.2 Å². The lowest BCUT2D eigenvalue weighted by Crippen LogP contribution is -2.32. The topological polar surface area (TPSA) is 64.1 Å². The average Bonchev–Trinajstić information content (AvgIpc) is 2.93. The normalized spacial score (nSPS) is 12.0. The molecule has 2 aromatic rings. The molecule has 0 aliphatic rings. The van der Waals surface area contributed by atoms with E-state index >= 15 is 0 Å². The van der Waals surface area contributed by atoms with E-state index in [1.807, 2.05) is 38.1 Å². The Kier molecular flexibility index (Phi) is 6.21. The van der Waals surface area contributed by atoms with Crippen LogP contribution in [0.2, 0.25) is 0 Å². The number of ether oxygens (including phenoxy) is 1. The van der Waals surface area contributed by atoms with Crippen LogP contribution in [-0.4, -0.2) is 35.0 Å². The molecule has 0 radical (unpaired) electrons.